The fourth-order valence-corrected chi connectivity index (χ4v) is 0.868. The fraction of sp³-hybridized carbons (Fsp3) is 0.111. The molecule has 0 atom stereocenters. The lowest BCUT2D eigenvalue weighted by Gasteiger charge is -1.88. The van der Waals surface area contributed by atoms with E-state index in [4.69, 9.17) is 16.0 Å². The SMILES string of the molecule is COC(=O)/C=C/c1ccc(C(=O)Cl)o1. The summed E-state index contributed by atoms with van der Waals surface area (Å²) >= 11 is 5.16. The van der Waals surface area contributed by atoms with Crippen molar-refractivity contribution in [3.05, 3.63) is 29.7 Å². The number of esters is 1. The number of methoxy groups -OCH3 is 1. The molecular formula is C9H7ClO4. The second-order valence-electron chi connectivity index (χ2n) is 2.33. The molecule has 0 radical (unpaired) electrons. The van der Waals surface area contributed by atoms with Gasteiger partial charge in [-0.2, -0.15) is 0 Å². The molecule has 14 heavy (non-hydrogen) atoms. The van der Waals surface area contributed by atoms with Gasteiger partial charge < -0.3 is 9.15 Å². The summed E-state index contributed by atoms with van der Waals surface area (Å²) in [5.74, 6) is -0.101. The molecule has 4 nitrogen and oxygen atoms in total. The third kappa shape index (κ3) is 2.74. The zero-order valence-corrected chi connectivity index (χ0v) is 8.08. The predicted molar refractivity (Wildman–Crippen MR) is 49.9 cm³/mol. The third-order valence-electron chi connectivity index (χ3n) is 1.41. The van der Waals surface area contributed by atoms with Gasteiger partial charge in [-0.3, -0.25) is 4.79 Å². The van der Waals surface area contributed by atoms with Crippen molar-refractivity contribution >= 4 is 28.9 Å². The van der Waals surface area contributed by atoms with Gasteiger partial charge in [-0.25, -0.2) is 4.79 Å². The summed E-state index contributed by atoms with van der Waals surface area (Å²) in [4.78, 5) is 21.3. The monoisotopic (exact) mass is 214 g/mol. The first kappa shape index (κ1) is 10.5. The summed E-state index contributed by atoms with van der Waals surface area (Å²) < 4.78 is 9.33. The normalized spacial score (nSPS) is 10.4. The molecular weight excluding hydrogens is 208 g/mol. The van der Waals surface area contributed by atoms with E-state index in [9.17, 15) is 9.59 Å². The lowest BCUT2D eigenvalue weighted by molar-refractivity contribution is -0.134. The van der Waals surface area contributed by atoms with Gasteiger partial charge in [0.15, 0.2) is 5.76 Å². The van der Waals surface area contributed by atoms with Gasteiger partial charge >= 0.3 is 5.97 Å². The second-order valence-corrected chi connectivity index (χ2v) is 2.68. The lowest BCUT2D eigenvalue weighted by Crippen LogP contribution is -1.92. The van der Waals surface area contributed by atoms with Crippen LogP contribution in [0.1, 0.15) is 16.3 Å². The van der Waals surface area contributed by atoms with Gasteiger partial charge in [0.1, 0.15) is 5.76 Å². The second kappa shape index (κ2) is 4.62. The maximum Gasteiger partial charge on any atom is 0.330 e. The molecule has 1 aromatic heterocycles. The van der Waals surface area contributed by atoms with E-state index in [1.807, 2.05) is 0 Å². The van der Waals surface area contributed by atoms with Gasteiger partial charge in [0.2, 0.25) is 0 Å². The molecule has 1 aromatic rings. The van der Waals surface area contributed by atoms with Crippen molar-refractivity contribution in [2.45, 2.75) is 0 Å². The maximum absolute atomic E-state index is 10.7. The molecule has 0 bridgehead atoms. The Labute approximate surface area is 85.1 Å². The molecule has 74 valence electrons. The van der Waals surface area contributed by atoms with Crippen LogP contribution in [0.15, 0.2) is 22.6 Å². The van der Waals surface area contributed by atoms with Crippen LogP contribution in [0, 0.1) is 0 Å². The number of carbonyl (C=O) groups is 2. The molecule has 0 aliphatic heterocycles. The van der Waals surface area contributed by atoms with Crippen LogP contribution in [0.5, 0.6) is 0 Å². The van der Waals surface area contributed by atoms with Gasteiger partial charge in [0.25, 0.3) is 5.24 Å². The highest BCUT2D eigenvalue weighted by atomic mass is 35.5. The van der Waals surface area contributed by atoms with E-state index in [1.165, 1.54) is 31.4 Å². The minimum absolute atomic E-state index is 0.0381. The zero-order valence-electron chi connectivity index (χ0n) is 7.32. The Morgan fingerprint density at radius 1 is 1.50 bits per heavy atom. The average molecular weight is 215 g/mol. The molecule has 0 saturated heterocycles. The first-order valence-corrected chi connectivity index (χ1v) is 4.07. The molecule has 0 aliphatic rings. The van der Waals surface area contributed by atoms with Crippen LogP contribution in [0.2, 0.25) is 0 Å². The highest BCUT2D eigenvalue weighted by Crippen LogP contribution is 2.11. The molecule has 5 heteroatoms. The van der Waals surface area contributed by atoms with Crippen molar-refractivity contribution in [1.29, 1.82) is 0 Å². The quantitative estimate of drug-likeness (QED) is 0.438. The summed E-state index contributed by atoms with van der Waals surface area (Å²) in [6.45, 7) is 0. The highest BCUT2D eigenvalue weighted by Gasteiger charge is 2.06. The Bertz CT molecular complexity index is 378. The number of halogens is 1. The Balaban J connectivity index is 2.73. The van der Waals surface area contributed by atoms with Crippen molar-refractivity contribution in [1.82, 2.24) is 0 Å². The van der Waals surface area contributed by atoms with Crippen LogP contribution < -0.4 is 0 Å². The molecule has 0 spiro atoms. The first-order chi connectivity index (χ1) is 6.63. The van der Waals surface area contributed by atoms with Gasteiger partial charge in [-0.15, -0.1) is 0 Å². The van der Waals surface area contributed by atoms with Crippen molar-refractivity contribution in [2.75, 3.05) is 7.11 Å². The molecule has 0 unspecified atom stereocenters. The topological polar surface area (TPSA) is 56.5 Å². The molecule has 1 rings (SSSR count). The Morgan fingerprint density at radius 2 is 2.21 bits per heavy atom. The molecule has 0 aromatic carbocycles. The van der Waals surface area contributed by atoms with E-state index < -0.39 is 11.2 Å². The molecule has 0 saturated carbocycles. The first-order valence-electron chi connectivity index (χ1n) is 3.69. The van der Waals surface area contributed by atoms with Crippen LogP contribution in [-0.2, 0) is 9.53 Å². The van der Waals surface area contributed by atoms with Gasteiger partial charge in [0.05, 0.1) is 7.11 Å². The highest BCUT2D eigenvalue weighted by molar-refractivity contribution is 6.67. The summed E-state index contributed by atoms with van der Waals surface area (Å²) in [6, 6.07) is 2.95. The minimum Gasteiger partial charge on any atom is -0.466 e. The van der Waals surface area contributed by atoms with E-state index in [2.05, 4.69) is 4.74 Å². The summed E-state index contributed by atoms with van der Waals surface area (Å²) in [7, 11) is 1.27. The maximum atomic E-state index is 10.7. The van der Waals surface area contributed by atoms with Crippen LogP contribution in [-0.4, -0.2) is 18.3 Å². The molecule has 0 amide bonds. The standard InChI is InChI=1S/C9H7ClO4/c1-13-8(11)5-3-6-2-4-7(14-6)9(10)12/h2-5H,1H3/b5-3+. The lowest BCUT2D eigenvalue weighted by atomic mass is 10.4. The van der Waals surface area contributed by atoms with Crippen LogP contribution in [0.25, 0.3) is 6.08 Å². The van der Waals surface area contributed by atoms with Gasteiger partial charge in [-0.05, 0) is 29.8 Å². The Morgan fingerprint density at radius 3 is 2.71 bits per heavy atom. The van der Waals surface area contributed by atoms with Crippen molar-refractivity contribution in [3.63, 3.8) is 0 Å². The van der Waals surface area contributed by atoms with Crippen molar-refractivity contribution < 1.29 is 18.7 Å². The van der Waals surface area contributed by atoms with E-state index in [0.29, 0.717) is 5.76 Å². The van der Waals surface area contributed by atoms with Crippen LogP contribution in [0.3, 0.4) is 0 Å². The summed E-state index contributed by atoms with van der Waals surface area (Å²) in [5, 5.41) is -0.678. The molecule has 1 heterocycles. The largest absolute Gasteiger partial charge is 0.466 e. The molecule has 0 N–H and O–H groups in total. The number of carbonyl (C=O) groups excluding carboxylic acids is 2. The smallest absolute Gasteiger partial charge is 0.330 e. The van der Waals surface area contributed by atoms with Crippen LogP contribution >= 0.6 is 11.6 Å². The van der Waals surface area contributed by atoms with E-state index >= 15 is 0 Å². The fourth-order valence-electron chi connectivity index (χ4n) is 0.766. The number of furan rings is 1. The Hall–Kier alpha value is -1.55. The molecule has 0 fully saturated rings. The Kier molecular flexibility index (Phi) is 3.48. The van der Waals surface area contributed by atoms with Crippen molar-refractivity contribution in [2.24, 2.45) is 0 Å². The number of hydrogen-bond donors (Lipinski definition) is 0. The average Bonchev–Trinajstić information content (AvgIpc) is 2.62. The summed E-state index contributed by atoms with van der Waals surface area (Å²) in [5.41, 5.74) is 0. The summed E-state index contributed by atoms with van der Waals surface area (Å²) in [6.07, 6.45) is 2.57. The van der Waals surface area contributed by atoms with E-state index in [0.717, 1.165) is 0 Å². The van der Waals surface area contributed by atoms with Crippen molar-refractivity contribution in [3.8, 4) is 0 Å². The number of ether oxygens (including phenoxy) is 1. The molecule has 0 aliphatic carbocycles. The predicted octanol–water partition coefficient (Wildman–Crippen LogP) is 1.84. The third-order valence-corrected chi connectivity index (χ3v) is 1.59. The zero-order chi connectivity index (χ0) is 10.6. The minimum atomic E-state index is -0.678. The number of hydrogen-bond acceptors (Lipinski definition) is 4. The van der Waals surface area contributed by atoms with E-state index in [-0.39, 0.29) is 5.76 Å². The van der Waals surface area contributed by atoms with Gasteiger partial charge in [-0.1, -0.05) is 0 Å². The number of rotatable bonds is 3. The van der Waals surface area contributed by atoms with Gasteiger partial charge in [0, 0.05) is 6.08 Å². The van der Waals surface area contributed by atoms with E-state index in [1.54, 1.807) is 0 Å². The van der Waals surface area contributed by atoms with Crippen LogP contribution in [0.4, 0.5) is 0 Å².